The Morgan fingerprint density at radius 1 is 1.09 bits per heavy atom. The molecule has 5 nitrogen and oxygen atoms in total. The van der Waals surface area contributed by atoms with Gasteiger partial charge in [-0.25, -0.2) is 4.98 Å². The first-order chi connectivity index (χ1) is 16.5. The van der Waals surface area contributed by atoms with Crippen LogP contribution >= 0.6 is 11.3 Å². The molecule has 1 fully saturated rings. The molecule has 1 aromatic carbocycles. The second kappa shape index (κ2) is 9.63. The average Bonchev–Trinajstić information content (AvgIpc) is 3.47. The lowest BCUT2D eigenvalue weighted by atomic mass is 9.82. The Kier molecular flexibility index (Phi) is 6.42. The maximum absolute atomic E-state index is 12.9. The van der Waals surface area contributed by atoms with E-state index in [9.17, 15) is 9.59 Å². The number of carbonyl (C=O) groups is 2. The zero-order chi connectivity index (χ0) is 23.7. The molecule has 0 saturated heterocycles. The van der Waals surface area contributed by atoms with Crippen LogP contribution in [0.5, 0.6) is 0 Å². The summed E-state index contributed by atoms with van der Waals surface area (Å²) in [5.74, 6) is 1.56. The summed E-state index contributed by atoms with van der Waals surface area (Å²) in [6.07, 6.45) is 7.00. The van der Waals surface area contributed by atoms with E-state index in [0.717, 1.165) is 53.1 Å². The van der Waals surface area contributed by atoms with Gasteiger partial charge >= 0.3 is 0 Å². The average molecular weight is 472 g/mol. The number of benzene rings is 1. The largest absolute Gasteiger partial charge is 0.320 e. The molecule has 0 N–H and O–H groups in total. The Hall–Kier alpha value is -3.12. The van der Waals surface area contributed by atoms with Crippen LogP contribution in [0.3, 0.4) is 0 Å². The topological polar surface area (TPSA) is 64.8 Å². The van der Waals surface area contributed by atoms with Crippen LogP contribution in [0.1, 0.15) is 76.4 Å². The van der Waals surface area contributed by atoms with Crippen molar-refractivity contribution in [2.75, 3.05) is 0 Å². The molecule has 34 heavy (non-hydrogen) atoms. The summed E-state index contributed by atoms with van der Waals surface area (Å²) < 4.78 is 2.31. The van der Waals surface area contributed by atoms with E-state index in [1.165, 1.54) is 4.88 Å². The number of nitrogens with zero attached hydrogens (tertiary/aromatic N) is 3. The van der Waals surface area contributed by atoms with Gasteiger partial charge in [0.1, 0.15) is 5.69 Å². The minimum Gasteiger partial charge on any atom is -0.320 e. The summed E-state index contributed by atoms with van der Waals surface area (Å²) in [7, 11) is 0. The van der Waals surface area contributed by atoms with Crippen molar-refractivity contribution in [1.82, 2.24) is 14.5 Å². The van der Waals surface area contributed by atoms with Gasteiger partial charge < -0.3 is 4.57 Å². The predicted molar refractivity (Wildman–Crippen MR) is 137 cm³/mol. The maximum atomic E-state index is 12.9. The molecule has 0 bridgehead atoms. The first kappa shape index (κ1) is 22.7. The lowest BCUT2D eigenvalue weighted by molar-refractivity contribution is 0.0944. The van der Waals surface area contributed by atoms with Crippen molar-refractivity contribution in [1.29, 1.82) is 0 Å². The van der Waals surface area contributed by atoms with Gasteiger partial charge in [-0.2, -0.15) is 0 Å². The smallest absolute Gasteiger partial charge is 0.173 e. The molecule has 2 atom stereocenters. The van der Waals surface area contributed by atoms with Gasteiger partial charge in [-0.3, -0.25) is 14.6 Å². The van der Waals surface area contributed by atoms with Gasteiger partial charge in [0.05, 0.1) is 15.9 Å². The van der Waals surface area contributed by atoms with E-state index in [1.807, 2.05) is 62.4 Å². The molecule has 174 valence electrons. The van der Waals surface area contributed by atoms with Crippen molar-refractivity contribution in [3.05, 3.63) is 70.0 Å². The molecule has 2 unspecified atom stereocenters. The minimum absolute atomic E-state index is 0.121. The number of hydrogen-bond donors (Lipinski definition) is 0. The first-order valence-corrected chi connectivity index (χ1v) is 12.9. The second-order valence-electron chi connectivity index (χ2n) is 9.22. The number of Topliss-reactive ketones (excluding diaryl/α,β-unsaturated/α-hetero) is 2. The molecule has 1 aliphatic carbocycles. The highest BCUT2D eigenvalue weighted by atomic mass is 32.1. The quantitative estimate of drug-likeness (QED) is 0.271. The number of ketones is 2. The molecule has 3 aromatic heterocycles. The van der Waals surface area contributed by atoms with Crippen LogP contribution in [-0.4, -0.2) is 26.1 Å². The molecule has 0 radical (unpaired) electrons. The highest BCUT2D eigenvalue weighted by Gasteiger charge is 2.29. The number of imidazole rings is 1. The van der Waals surface area contributed by atoms with Crippen LogP contribution in [0.2, 0.25) is 0 Å². The number of aromatic nitrogens is 3. The van der Waals surface area contributed by atoms with Gasteiger partial charge in [0, 0.05) is 35.5 Å². The molecular weight excluding hydrogens is 442 g/mol. The maximum Gasteiger partial charge on any atom is 0.173 e. The molecule has 1 aliphatic rings. The van der Waals surface area contributed by atoms with Crippen molar-refractivity contribution in [3.63, 3.8) is 0 Å². The SMILES string of the molecule is CCC(=O)c1ccc2c(c1)nc(-c1ccccn1)n2C1CCCC(CC(=O)c2ccc(C)s2)C1. The molecule has 5 rings (SSSR count). The lowest BCUT2D eigenvalue weighted by Gasteiger charge is -2.31. The summed E-state index contributed by atoms with van der Waals surface area (Å²) in [6.45, 7) is 3.92. The van der Waals surface area contributed by atoms with E-state index >= 15 is 0 Å². The van der Waals surface area contributed by atoms with Crippen LogP contribution < -0.4 is 0 Å². The van der Waals surface area contributed by atoms with Crippen LogP contribution in [0.15, 0.2) is 54.7 Å². The van der Waals surface area contributed by atoms with Crippen molar-refractivity contribution >= 4 is 33.9 Å². The van der Waals surface area contributed by atoms with E-state index in [2.05, 4.69) is 9.55 Å². The van der Waals surface area contributed by atoms with Crippen LogP contribution in [-0.2, 0) is 0 Å². The fourth-order valence-electron chi connectivity index (χ4n) is 5.15. The summed E-state index contributed by atoms with van der Waals surface area (Å²) in [4.78, 5) is 36.8. The van der Waals surface area contributed by atoms with Gasteiger partial charge in [0.25, 0.3) is 0 Å². The third-order valence-electron chi connectivity index (χ3n) is 6.84. The van der Waals surface area contributed by atoms with E-state index < -0.39 is 0 Å². The highest BCUT2D eigenvalue weighted by Crippen LogP contribution is 2.39. The molecule has 0 aliphatic heterocycles. The van der Waals surface area contributed by atoms with Crippen LogP contribution in [0.25, 0.3) is 22.6 Å². The molecule has 3 heterocycles. The number of pyridine rings is 1. The molecule has 4 aromatic rings. The fraction of sp³-hybridized carbons (Fsp3) is 0.357. The Bertz CT molecular complexity index is 1340. The monoisotopic (exact) mass is 471 g/mol. The van der Waals surface area contributed by atoms with Gasteiger partial charge in [-0.05, 0) is 74.6 Å². The van der Waals surface area contributed by atoms with E-state index in [1.54, 1.807) is 17.5 Å². The van der Waals surface area contributed by atoms with E-state index in [0.29, 0.717) is 24.3 Å². The molecule has 6 heteroatoms. The summed E-state index contributed by atoms with van der Waals surface area (Å²) in [6, 6.07) is 15.9. The van der Waals surface area contributed by atoms with Crippen molar-refractivity contribution in [2.45, 2.75) is 58.4 Å². The number of carbonyl (C=O) groups excluding carboxylic acids is 2. The third-order valence-corrected chi connectivity index (χ3v) is 7.88. The summed E-state index contributed by atoms with van der Waals surface area (Å²) >= 11 is 1.59. The number of rotatable bonds is 7. The number of hydrogen-bond acceptors (Lipinski definition) is 5. The van der Waals surface area contributed by atoms with Crippen molar-refractivity contribution < 1.29 is 9.59 Å². The van der Waals surface area contributed by atoms with Gasteiger partial charge in [0.2, 0.25) is 0 Å². The van der Waals surface area contributed by atoms with Crippen molar-refractivity contribution in [2.24, 2.45) is 5.92 Å². The van der Waals surface area contributed by atoms with Crippen LogP contribution in [0, 0.1) is 12.8 Å². The minimum atomic E-state index is 0.121. The van der Waals surface area contributed by atoms with Gasteiger partial charge in [-0.1, -0.05) is 19.4 Å². The first-order valence-electron chi connectivity index (χ1n) is 12.1. The van der Waals surface area contributed by atoms with Gasteiger partial charge in [-0.15, -0.1) is 11.3 Å². The Balaban J connectivity index is 1.49. The summed E-state index contributed by atoms with van der Waals surface area (Å²) in [5, 5.41) is 0. The van der Waals surface area contributed by atoms with E-state index in [4.69, 9.17) is 4.98 Å². The van der Waals surface area contributed by atoms with Gasteiger partial charge in [0.15, 0.2) is 17.4 Å². The van der Waals surface area contributed by atoms with Crippen molar-refractivity contribution in [3.8, 4) is 11.5 Å². The lowest BCUT2D eigenvalue weighted by Crippen LogP contribution is -2.22. The number of aryl methyl sites for hydroxylation is 1. The number of thiophene rings is 1. The Morgan fingerprint density at radius 3 is 2.71 bits per heavy atom. The summed E-state index contributed by atoms with van der Waals surface area (Å²) in [5.41, 5.74) is 3.38. The molecule has 0 amide bonds. The highest BCUT2D eigenvalue weighted by molar-refractivity contribution is 7.14. The Morgan fingerprint density at radius 2 is 1.97 bits per heavy atom. The fourth-order valence-corrected chi connectivity index (χ4v) is 5.97. The predicted octanol–water partition coefficient (Wildman–Crippen LogP) is 7.07. The molecular formula is C28H29N3O2S. The molecule has 1 saturated carbocycles. The molecule has 0 spiro atoms. The standard InChI is InChI=1S/C28H29N3O2S/c1-3-25(32)20-11-12-24-23(17-20)30-28(22-9-4-5-14-29-22)31(24)21-8-6-7-19(15-21)16-26(33)27-13-10-18(2)34-27/h4-5,9-14,17,19,21H,3,6-8,15-16H2,1-2H3. The van der Waals surface area contributed by atoms with Crippen LogP contribution in [0.4, 0.5) is 0 Å². The second-order valence-corrected chi connectivity index (χ2v) is 10.5. The Labute approximate surface area is 203 Å². The zero-order valence-electron chi connectivity index (χ0n) is 19.7. The normalized spacial score (nSPS) is 18.3. The van der Waals surface area contributed by atoms with E-state index in [-0.39, 0.29) is 17.6 Å². The number of fused-ring (bicyclic) bond motifs is 1. The third kappa shape index (κ3) is 4.47. The zero-order valence-corrected chi connectivity index (χ0v) is 20.5.